The van der Waals surface area contributed by atoms with Crippen molar-refractivity contribution in [2.75, 3.05) is 11.1 Å². The van der Waals surface area contributed by atoms with E-state index < -0.39 is 0 Å². The molecule has 4 nitrogen and oxygen atoms in total. The number of halogens is 1. The van der Waals surface area contributed by atoms with Gasteiger partial charge in [-0.15, -0.1) is 0 Å². The van der Waals surface area contributed by atoms with E-state index in [0.29, 0.717) is 11.6 Å². The molecule has 0 aliphatic carbocycles. The molecule has 0 saturated heterocycles. The van der Waals surface area contributed by atoms with Crippen molar-refractivity contribution < 1.29 is 0 Å². The summed E-state index contributed by atoms with van der Waals surface area (Å²) in [5.41, 5.74) is 7.95. The van der Waals surface area contributed by atoms with Gasteiger partial charge >= 0.3 is 0 Å². The Morgan fingerprint density at radius 2 is 2.06 bits per heavy atom. The van der Waals surface area contributed by atoms with Gasteiger partial charge in [0, 0.05) is 22.6 Å². The fraction of sp³-hybridized carbons (Fsp3) is 0.167. The first kappa shape index (κ1) is 11.9. The quantitative estimate of drug-likeness (QED) is 0.912. The van der Waals surface area contributed by atoms with Crippen molar-refractivity contribution in [3.63, 3.8) is 0 Å². The van der Waals surface area contributed by atoms with Crippen LogP contribution in [0.3, 0.4) is 0 Å². The van der Waals surface area contributed by atoms with Crippen molar-refractivity contribution in [3.8, 4) is 0 Å². The van der Waals surface area contributed by atoms with E-state index in [1.54, 1.807) is 12.4 Å². The first-order valence-corrected chi connectivity index (χ1v) is 6.12. The lowest BCUT2D eigenvalue weighted by molar-refractivity contribution is 1.13. The van der Waals surface area contributed by atoms with Gasteiger partial charge in [0.05, 0.1) is 0 Å². The van der Waals surface area contributed by atoms with Crippen molar-refractivity contribution in [3.05, 3.63) is 40.6 Å². The summed E-state index contributed by atoms with van der Waals surface area (Å²) in [6, 6.07) is 6.06. The number of aromatic nitrogens is 2. The summed E-state index contributed by atoms with van der Waals surface area (Å²) < 4.78 is 1.06. The molecule has 0 fully saturated rings. The molecule has 0 radical (unpaired) electrons. The Morgan fingerprint density at radius 3 is 2.76 bits per heavy atom. The van der Waals surface area contributed by atoms with E-state index >= 15 is 0 Å². The molecule has 0 aliphatic rings. The number of anilines is 3. The van der Waals surface area contributed by atoms with Crippen LogP contribution in [0.5, 0.6) is 0 Å². The molecule has 2 aromatic rings. The summed E-state index contributed by atoms with van der Waals surface area (Å²) in [6.45, 7) is 2.10. The third-order valence-electron chi connectivity index (χ3n) is 2.43. The summed E-state index contributed by atoms with van der Waals surface area (Å²) in [5.74, 6) is 0.988. The van der Waals surface area contributed by atoms with Gasteiger partial charge in [0.25, 0.3) is 0 Å². The highest BCUT2D eigenvalue weighted by molar-refractivity contribution is 9.10. The zero-order valence-corrected chi connectivity index (χ0v) is 11.0. The summed E-state index contributed by atoms with van der Waals surface area (Å²) in [5, 5.41) is 3.20. The summed E-state index contributed by atoms with van der Waals surface area (Å²) in [7, 11) is 0. The normalized spacial score (nSPS) is 10.2. The Morgan fingerprint density at radius 1 is 1.29 bits per heavy atom. The number of aryl methyl sites for hydroxylation is 1. The minimum Gasteiger partial charge on any atom is -0.381 e. The summed E-state index contributed by atoms with van der Waals surface area (Å²) >= 11 is 3.46. The zero-order valence-electron chi connectivity index (χ0n) is 9.44. The predicted octanol–water partition coefficient (Wildman–Crippen LogP) is 3.13. The lowest BCUT2D eigenvalue weighted by Crippen LogP contribution is -2.02. The number of hydrogen-bond acceptors (Lipinski definition) is 4. The molecule has 2 rings (SSSR count). The van der Waals surface area contributed by atoms with Crippen molar-refractivity contribution in [2.45, 2.75) is 13.3 Å². The van der Waals surface area contributed by atoms with E-state index in [2.05, 4.69) is 44.2 Å². The fourth-order valence-corrected chi connectivity index (χ4v) is 1.96. The standard InChI is InChI=1S/C12H13BrN4/c1-2-8-7-9(13)3-4-10(8)17-12-11(14)15-5-6-16-12/h3-7H,2H2,1H3,(H2,14,15)(H,16,17). The van der Waals surface area contributed by atoms with Crippen LogP contribution >= 0.6 is 15.9 Å². The molecule has 0 spiro atoms. The van der Waals surface area contributed by atoms with Crippen LogP contribution in [-0.4, -0.2) is 9.97 Å². The van der Waals surface area contributed by atoms with Gasteiger partial charge in [-0.05, 0) is 30.2 Å². The van der Waals surface area contributed by atoms with Gasteiger partial charge in [-0.1, -0.05) is 22.9 Å². The fourth-order valence-electron chi connectivity index (χ4n) is 1.55. The number of nitrogens with zero attached hydrogens (tertiary/aromatic N) is 2. The highest BCUT2D eigenvalue weighted by Gasteiger charge is 2.05. The molecule has 17 heavy (non-hydrogen) atoms. The van der Waals surface area contributed by atoms with Crippen LogP contribution in [-0.2, 0) is 6.42 Å². The van der Waals surface area contributed by atoms with Crippen LogP contribution in [0.4, 0.5) is 17.3 Å². The Hall–Kier alpha value is -1.62. The van der Waals surface area contributed by atoms with Crippen LogP contribution in [0.2, 0.25) is 0 Å². The molecule has 1 aromatic carbocycles. The second-order valence-corrected chi connectivity index (χ2v) is 4.49. The second-order valence-electron chi connectivity index (χ2n) is 3.57. The average molecular weight is 293 g/mol. The summed E-state index contributed by atoms with van der Waals surface area (Å²) in [4.78, 5) is 8.15. The van der Waals surface area contributed by atoms with Gasteiger partial charge in [0.1, 0.15) is 0 Å². The third-order valence-corrected chi connectivity index (χ3v) is 2.92. The molecule has 0 saturated carbocycles. The zero-order chi connectivity index (χ0) is 12.3. The lowest BCUT2D eigenvalue weighted by atomic mass is 10.1. The maximum atomic E-state index is 5.74. The largest absolute Gasteiger partial charge is 0.381 e. The molecule has 0 amide bonds. The maximum absolute atomic E-state index is 5.74. The van der Waals surface area contributed by atoms with E-state index in [-0.39, 0.29) is 0 Å². The minimum atomic E-state index is 0.400. The van der Waals surface area contributed by atoms with E-state index in [9.17, 15) is 0 Å². The smallest absolute Gasteiger partial charge is 0.173 e. The molecule has 3 N–H and O–H groups in total. The Labute approximate surface area is 108 Å². The predicted molar refractivity (Wildman–Crippen MR) is 73.2 cm³/mol. The molecule has 0 unspecified atom stereocenters. The van der Waals surface area contributed by atoms with E-state index in [1.807, 2.05) is 12.1 Å². The van der Waals surface area contributed by atoms with Gasteiger partial charge < -0.3 is 11.1 Å². The highest BCUT2D eigenvalue weighted by Crippen LogP contribution is 2.25. The van der Waals surface area contributed by atoms with Crippen molar-refractivity contribution in [2.24, 2.45) is 0 Å². The number of rotatable bonds is 3. The van der Waals surface area contributed by atoms with Gasteiger partial charge in [0.15, 0.2) is 11.6 Å². The number of hydrogen-bond donors (Lipinski definition) is 2. The molecule has 0 atom stereocenters. The SMILES string of the molecule is CCc1cc(Br)ccc1Nc1nccnc1N. The number of nitrogen functional groups attached to an aromatic ring is 1. The van der Waals surface area contributed by atoms with Crippen molar-refractivity contribution in [1.29, 1.82) is 0 Å². The van der Waals surface area contributed by atoms with Crippen molar-refractivity contribution in [1.82, 2.24) is 9.97 Å². The minimum absolute atomic E-state index is 0.400. The van der Waals surface area contributed by atoms with E-state index in [1.165, 1.54) is 5.56 Å². The Bertz CT molecular complexity index is 528. The first-order valence-electron chi connectivity index (χ1n) is 5.32. The van der Waals surface area contributed by atoms with Crippen molar-refractivity contribution >= 4 is 33.3 Å². The molecular formula is C12H13BrN4. The number of nitrogens with one attached hydrogen (secondary N) is 1. The molecule has 0 aliphatic heterocycles. The van der Waals surface area contributed by atoms with Gasteiger partial charge in [-0.2, -0.15) is 0 Å². The molecule has 5 heteroatoms. The molecule has 1 heterocycles. The first-order chi connectivity index (χ1) is 8.20. The van der Waals surface area contributed by atoms with Gasteiger partial charge in [-0.3, -0.25) is 0 Å². The topological polar surface area (TPSA) is 63.8 Å². The monoisotopic (exact) mass is 292 g/mol. The second kappa shape index (κ2) is 5.14. The van der Waals surface area contributed by atoms with Gasteiger partial charge in [-0.25, -0.2) is 9.97 Å². The van der Waals surface area contributed by atoms with Crippen LogP contribution in [0.1, 0.15) is 12.5 Å². The van der Waals surface area contributed by atoms with Crippen LogP contribution < -0.4 is 11.1 Å². The Kier molecular flexibility index (Phi) is 3.58. The number of nitrogens with two attached hydrogens (primary N) is 1. The maximum Gasteiger partial charge on any atom is 0.173 e. The molecule has 88 valence electrons. The number of benzene rings is 1. The Balaban J connectivity index is 2.33. The van der Waals surface area contributed by atoms with Crippen LogP contribution in [0, 0.1) is 0 Å². The average Bonchev–Trinajstić information content (AvgIpc) is 2.34. The van der Waals surface area contributed by atoms with E-state index in [4.69, 9.17) is 5.73 Å². The van der Waals surface area contributed by atoms with E-state index in [0.717, 1.165) is 16.6 Å². The van der Waals surface area contributed by atoms with Crippen LogP contribution in [0.25, 0.3) is 0 Å². The third kappa shape index (κ3) is 2.74. The highest BCUT2D eigenvalue weighted by atomic mass is 79.9. The van der Waals surface area contributed by atoms with Gasteiger partial charge in [0.2, 0.25) is 0 Å². The lowest BCUT2D eigenvalue weighted by Gasteiger charge is -2.11. The summed E-state index contributed by atoms with van der Waals surface area (Å²) in [6.07, 6.45) is 4.12. The molecule has 0 bridgehead atoms. The molecular weight excluding hydrogens is 280 g/mol. The van der Waals surface area contributed by atoms with Crippen LogP contribution in [0.15, 0.2) is 35.1 Å². The molecule has 1 aromatic heterocycles.